The lowest BCUT2D eigenvalue weighted by Crippen LogP contribution is -2.29. The molecule has 7 nitrogen and oxygen atoms in total. The third-order valence-corrected chi connectivity index (χ3v) is 5.46. The molecule has 3 N–H and O–H groups in total. The summed E-state index contributed by atoms with van der Waals surface area (Å²) in [5.74, 6) is 4.82. The summed E-state index contributed by atoms with van der Waals surface area (Å²) in [4.78, 5) is 4.05. The number of halogens is 2. The number of rotatable bonds is 6. The monoisotopic (exact) mass is 470 g/mol. The number of nitrogens with zero attached hydrogens (tertiary/aromatic N) is 2. The molecule has 2 aromatic carbocycles. The van der Waals surface area contributed by atoms with Gasteiger partial charge in [0, 0.05) is 24.0 Å². The second-order valence-electron chi connectivity index (χ2n) is 7.93. The van der Waals surface area contributed by atoms with Gasteiger partial charge in [0.25, 0.3) is 0 Å². The molecule has 0 spiro atoms. The maximum absolute atomic E-state index is 14.8. The normalized spacial score (nSPS) is 19.4. The molecule has 0 bridgehead atoms. The van der Waals surface area contributed by atoms with Crippen molar-refractivity contribution in [3.63, 3.8) is 0 Å². The van der Waals surface area contributed by atoms with Crippen LogP contribution in [0.3, 0.4) is 0 Å². The van der Waals surface area contributed by atoms with Crippen molar-refractivity contribution in [3.05, 3.63) is 71.8 Å². The molecule has 4 rings (SSSR count). The Morgan fingerprint density at radius 1 is 1.21 bits per heavy atom. The molecule has 4 atom stereocenters. The van der Waals surface area contributed by atoms with Gasteiger partial charge in [-0.2, -0.15) is 0 Å². The van der Waals surface area contributed by atoms with Crippen LogP contribution in [0.15, 0.2) is 48.8 Å². The average molecular weight is 470 g/mol. The van der Waals surface area contributed by atoms with Crippen molar-refractivity contribution in [1.29, 1.82) is 0 Å². The molecule has 1 aliphatic heterocycles. The molecule has 0 unspecified atom stereocenters. The van der Waals surface area contributed by atoms with E-state index in [2.05, 4.69) is 16.8 Å². The summed E-state index contributed by atoms with van der Waals surface area (Å²) < 4.78 is 41.7. The van der Waals surface area contributed by atoms with E-state index in [1.807, 2.05) is 0 Å². The maximum atomic E-state index is 14.8. The highest BCUT2D eigenvalue weighted by Gasteiger charge is 2.28. The van der Waals surface area contributed by atoms with Gasteiger partial charge in [0.1, 0.15) is 47.6 Å². The number of aromatic nitrogens is 2. The van der Waals surface area contributed by atoms with Gasteiger partial charge in [-0.05, 0) is 36.8 Å². The Morgan fingerprint density at radius 3 is 2.68 bits per heavy atom. The molecule has 9 heteroatoms. The van der Waals surface area contributed by atoms with E-state index in [4.69, 9.17) is 9.47 Å². The molecule has 0 aliphatic carbocycles. The minimum absolute atomic E-state index is 0.0801. The first kappa shape index (κ1) is 23.9. The third-order valence-electron chi connectivity index (χ3n) is 5.46. The lowest BCUT2D eigenvalue weighted by molar-refractivity contribution is 0.0731. The minimum Gasteiger partial charge on any atom is -0.485 e. The molecule has 0 amide bonds. The number of hydrogen-bond acceptors (Lipinski definition) is 6. The fraction of sp³-hybridized carbons (Fsp3) is 0.320. The second-order valence-corrected chi connectivity index (χ2v) is 7.93. The van der Waals surface area contributed by atoms with Crippen LogP contribution >= 0.6 is 0 Å². The van der Waals surface area contributed by atoms with E-state index >= 15 is 0 Å². The van der Waals surface area contributed by atoms with Gasteiger partial charge in [-0.3, -0.25) is 0 Å². The lowest BCUT2D eigenvalue weighted by atomic mass is 10.0. The summed E-state index contributed by atoms with van der Waals surface area (Å²) in [7, 11) is 0. The zero-order chi connectivity index (χ0) is 24.2. The van der Waals surface area contributed by atoms with Crippen LogP contribution in [0.2, 0.25) is 0 Å². The molecular weight excluding hydrogens is 446 g/mol. The largest absolute Gasteiger partial charge is 0.485 e. The number of benzene rings is 2. The first-order chi connectivity index (χ1) is 16.4. The standard InChI is InChI=1S/C25H24F2N2O5/c1-15(31)25-28-8-9-29(25)18(12-30)5-4-16-2-3-17(10-21(16)26)20-7-6-19(11-22(20)27)34-24-14-33-13-23(24)32/h2-3,6-11,15,18,23-24,30-32H,12-14H2,1H3/t15-,18-,23+,24+/m0/s1. The maximum Gasteiger partial charge on any atom is 0.150 e. The Labute approximate surface area is 195 Å². The van der Waals surface area contributed by atoms with Gasteiger partial charge >= 0.3 is 0 Å². The quantitative estimate of drug-likeness (QED) is 0.480. The van der Waals surface area contributed by atoms with Crippen LogP contribution in [0, 0.1) is 23.5 Å². The highest BCUT2D eigenvalue weighted by Crippen LogP contribution is 2.29. The Balaban J connectivity index is 1.53. The van der Waals surface area contributed by atoms with Crippen molar-refractivity contribution in [2.75, 3.05) is 19.8 Å². The van der Waals surface area contributed by atoms with E-state index in [0.29, 0.717) is 11.4 Å². The predicted octanol–water partition coefficient (Wildman–Crippen LogP) is 2.61. The topological polar surface area (TPSA) is 97.0 Å². The second kappa shape index (κ2) is 10.3. The van der Waals surface area contributed by atoms with E-state index < -0.39 is 36.0 Å². The predicted molar refractivity (Wildman–Crippen MR) is 119 cm³/mol. The van der Waals surface area contributed by atoms with E-state index in [1.54, 1.807) is 25.3 Å². The fourth-order valence-electron chi connectivity index (χ4n) is 3.67. The van der Waals surface area contributed by atoms with Gasteiger partial charge in [-0.25, -0.2) is 13.8 Å². The van der Waals surface area contributed by atoms with Crippen molar-refractivity contribution in [3.8, 4) is 28.7 Å². The molecule has 34 heavy (non-hydrogen) atoms. The zero-order valence-corrected chi connectivity index (χ0v) is 18.4. The Morgan fingerprint density at radius 2 is 2.03 bits per heavy atom. The summed E-state index contributed by atoms with van der Waals surface area (Å²) >= 11 is 0. The summed E-state index contributed by atoms with van der Waals surface area (Å²) in [5.41, 5.74) is 0.583. The van der Waals surface area contributed by atoms with Gasteiger partial charge in [0.05, 0.1) is 25.4 Å². The van der Waals surface area contributed by atoms with Gasteiger partial charge < -0.3 is 29.4 Å². The number of imidazole rings is 1. The van der Waals surface area contributed by atoms with E-state index in [0.717, 1.165) is 0 Å². The molecule has 178 valence electrons. The average Bonchev–Trinajstić information content (AvgIpc) is 3.45. The lowest BCUT2D eigenvalue weighted by Gasteiger charge is -2.16. The smallest absolute Gasteiger partial charge is 0.150 e. The van der Waals surface area contributed by atoms with Crippen LogP contribution in [0.25, 0.3) is 11.1 Å². The van der Waals surface area contributed by atoms with Crippen molar-refractivity contribution < 1.29 is 33.6 Å². The van der Waals surface area contributed by atoms with Crippen molar-refractivity contribution in [2.45, 2.75) is 31.3 Å². The summed E-state index contributed by atoms with van der Waals surface area (Å²) in [6.45, 7) is 1.58. The molecule has 1 aromatic heterocycles. The highest BCUT2D eigenvalue weighted by atomic mass is 19.1. The van der Waals surface area contributed by atoms with E-state index in [1.165, 1.54) is 35.0 Å². The Hall–Kier alpha value is -3.29. The summed E-state index contributed by atoms with van der Waals surface area (Å²) in [5, 5.41) is 29.3. The number of ether oxygens (including phenoxy) is 2. The van der Waals surface area contributed by atoms with Crippen LogP contribution in [0.4, 0.5) is 8.78 Å². The van der Waals surface area contributed by atoms with Crippen LogP contribution in [-0.2, 0) is 4.74 Å². The fourth-order valence-corrected chi connectivity index (χ4v) is 3.67. The number of aliphatic hydroxyl groups excluding tert-OH is 3. The van der Waals surface area contributed by atoms with Crippen LogP contribution in [0.1, 0.15) is 30.5 Å². The summed E-state index contributed by atoms with van der Waals surface area (Å²) in [6, 6.07) is 7.66. The first-order valence-electron chi connectivity index (χ1n) is 10.7. The Bertz CT molecular complexity index is 1220. The molecular formula is C25H24F2N2O5. The van der Waals surface area contributed by atoms with Crippen molar-refractivity contribution in [2.24, 2.45) is 0 Å². The number of hydrogen-bond donors (Lipinski definition) is 3. The zero-order valence-electron chi connectivity index (χ0n) is 18.4. The van der Waals surface area contributed by atoms with Crippen LogP contribution < -0.4 is 4.74 Å². The number of aliphatic hydroxyl groups is 3. The van der Waals surface area contributed by atoms with E-state index in [-0.39, 0.29) is 36.7 Å². The molecule has 2 heterocycles. The first-order valence-corrected chi connectivity index (χ1v) is 10.7. The van der Waals surface area contributed by atoms with Gasteiger partial charge in [0.15, 0.2) is 0 Å². The van der Waals surface area contributed by atoms with Gasteiger partial charge in [0.2, 0.25) is 0 Å². The van der Waals surface area contributed by atoms with Crippen LogP contribution in [-0.4, -0.2) is 56.9 Å². The van der Waals surface area contributed by atoms with Gasteiger partial charge in [-0.1, -0.05) is 17.9 Å². The van der Waals surface area contributed by atoms with Gasteiger partial charge in [-0.15, -0.1) is 0 Å². The summed E-state index contributed by atoms with van der Waals surface area (Å²) in [6.07, 6.45) is 0.861. The van der Waals surface area contributed by atoms with Crippen LogP contribution in [0.5, 0.6) is 5.75 Å². The molecule has 0 saturated carbocycles. The SMILES string of the molecule is C[C@H](O)c1nccn1[C@@H](C#Cc1ccc(-c2ccc(O[C@@H]3COC[C@H]3O)cc2F)cc1F)CO. The van der Waals surface area contributed by atoms with E-state index in [9.17, 15) is 24.1 Å². The highest BCUT2D eigenvalue weighted by molar-refractivity contribution is 5.66. The van der Waals surface area contributed by atoms with Crippen molar-refractivity contribution in [1.82, 2.24) is 9.55 Å². The molecule has 1 saturated heterocycles. The molecule has 1 aliphatic rings. The minimum atomic E-state index is -0.856. The molecule has 0 radical (unpaired) electrons. The molecule has 3 aromatic rings. The molecule has 1 fully saturated rings. The Kier molecular flexibility index (Phi) is 7.24. The third kappa shape index (κ3) is 5.11. The van der Waals surface area contributed by atoms with Crippen molar-refractivity contribution >= 4 is 0 Å².